The van der Waals surface area contributed by atoms with Gasteiger partial charge in [0.1, 0.15) is 37.4 Å². The number of ether oxygens (including phenoxy) is 6. The van der Waals surface area contributed by atoms with Crippen LogP contribution in [-0.2, 0) is 77.3 Å². The number of nitrogens with zero attached hydrogens (tertiary/aromatic N) is 5. The molecule has 2 aromatic heterocycles. The molecular weight excluding hydrogens is 794 g/mol. The summed E-state index contributed by atoms with van der Waals surface area (Å²) in [5, 5.41) is 40.8. The highest BCUT2D eigenvalue weighted by molar-refractivity contribution is 8.08. The molecule has 2 aliphatic heterocycles. The molecule has 28 heteroatoms. The SMILES string of the molecule is C#C[C@@]1(O)[C@H](O)[C@@H](COP(O)(=S)OP(=O)(O)OC2OC([C@H](COC(C)=O)OC(C)=O)C(O)C(OC(C)=O)C2OC(C)=O)O[C@H]1n1nnc2c(N)ncnc21. The number of phosphoric acid groups is 1. The Balaban J connectivity index is 1.55. The number of terminal acetylenes is 1. The van der Waals surface area contributed by atoms with E-state index in [1.165, 1.54) is 0 Å². The Morgan fingerprint density at radius 3 is 2.31 bits per heavy atom. The average molecular weight is 829 g/mol. The second-order valence-electron chi connectivity index (χ2n) is 11.4. The predicted octanol–water partition coefficient (Wildman–Crippen LogP) is -2.76. The van der Waals surface area contributed by atoms with E-state index >= 15 is 0 Å². The van der Waals surface area contributed by atoms with E-state index in [0.717, 1.165) is 38.7 Å². The number of esters is 4. The molecule has 25 nitrogen and oxygen atoms in total. The lowest BCUT2D eigenvalue weighted by atomic mass is 9.95. The van der Waals surface area contributed by atoms with Crippen LogP contribution in [0, 0.1) is 12.3 Å². The number of nitrogens with two attached hydrogens (primary N) is 1. The van der Waals surface area contributed by atoms with Gasteiger partial charge in [0.25, 0.3) is 0 Å². The Morgan fingerprint density at radius 1 is 1.07 bits per heavy atom. The number of nitrogen functional groups attached to an aromatic ring is 1. The number of carbonyl (C=O) groups excluding carboxylic acids is 4. The van der Waals surface area contributed by atoms with Crippen LogP contribution < -0.4 is 5.73 Å². The van der Waals surface area contributed by atoms with Gasteiger partial charge in [0.15, 0.2) is 41.5 Å². The molecule has 7 unspecified atom stereocenters. The average Bonchev–Trinajstić information content (AvgIpc) is 3.59. The van der Waals surface area contributed by atoms with E-state index in [-0.39, 0.29) is 17.0 Å². The molecule has 0 aromatic carbocycles. The summed E-state index contributed by atoms with van der Waals surface area (Å²) in [6.07, 6.45) is -10.7. The van der Waals surface area contributed by atoms with Crippen molar-refractivity contribution in [1.29, 1.82) is 0 Å². The Morgan fingerprint density at radius 2 is 1.72 bits per heavy atom. The van der Waals surface area contributed by atoms with Crippen molar-refractivity contribution >= 4 is 67.2 Å². The maximum Gasteiger partial charge on any atom is 0.481 e. The minimum Gasteiger partial charge on any atom is -0.462 e. The van der Waals surface area contributed by atoms with Crippen LogP contribution >= 0.6 is 14.5 Å². The van der Waals surface area contributed by atoms with E-state index in [1.807, 2.05) is 5.92 Å². The molecule has 0 bridgehead atoms. The molecule has 0 aliphatic carbocycles. The normalized spacial score (nSPS) is 31.0. The highest BCUT2D eigenvalue weighted by Crippen LogP contribution is 2.62. The van der Waals surface area contributed by atoms with E-state index in [0.29, 0.717) is 0 Å². The molecule has 0 radical (unpaired) electrons. The standard InChI is InChI=1S/C26H34N6O19P2S/c1-6-26(39)21(38)15(48-25(26)32-23-16(30-31-32)22(27)28-9-29-23)8-44-53(42,54)51-52(40,41)50-24-20(47-13(5)36)19(46-12(4)35)17(37)18(49-24)14(45-11(3)34)7-43-10(2)33/h1,9,14-15,17-21,24-25,37-39H,7-8H2,2-5H3,(H,40,41)(H,42,54)(H2,27,28,29)/t14-,15+,17?,18?,19?,20?,21+,24?,25+,26+,53?/m0/s1. The third kappa shape index (κ3) is 9.89. The highest BCUT2D eigenvalue weighted by atomic mass is 32.5. The second-order valence-corrected chi connectivity index (χ2v) is 15.8. The molecule has 54 heavy (non-hydrogen) atoms. The smallest absolute Gasteiger partial charge is 0.462 e. The van der Waals surface area contributed by atoms with Crippen LogP contribution in [-0.4, -0.2) is 142 Å². The number of fused-ring (bicyclic) bond motifs is 1. The predicted molar refractivity (Wildman–Crippen MR) is 174 cm³/mol. The molecule has 2 fully saturated rings. The monoisotopic (exact) mass is 828 g/mol. The number of hydrogen-bond donors (Lipinski definition) is 6. The molecule has 0 spiro atoms. The van der Waals surface area contributed by atoms with Gasteiger partial charge in [-0.05, 0) is 11.8 Å². The topological polar surface area (TPSA) is 352 Å². The lowest BCUT2D eigenvalue weighted by molar-refractivity contribution is -0.299. The van der Waals surface area contributed by atoms with Crippen molar-refractivity contribution in [2.75, 3.05) is 18.9 Å². The van der Waals surface area contributed by atoms with E-state index < -0.39 is 112 Å². The highest BCUT2D eigenvalue weighted by Gasteiger charge is 2.58. The number of aromatic nitrogens is 5. The number of carbonyl (C=O) groups is 4. The molecule has 2 aromatic rings. The van der Waals surface area contributed by atoms with E-state index in [1.54, 1.807) is 0 Å². The fraction of sp³-hybridized carbons (Fsp3) is 0.615. The van der Waals surface area contributed by atoms with Crippen molar-refractivity contribution < 1.29 is 90.6 Å². The van der Waals surface area contributed by atoms with Crippen LogP contribution in [0.15, 0.2) is 6.33 Å². The fourth-order valence-corrected chi connectivity index (χ4v) is 8.30. The van der Waals surface area contributed by atoms with Crippen molar-refractivity contribution in [2.24, 2.45) is 0 Å². The maximum absolute atomic E-state index is 13.3. The maximum atomic E-state index is 13.3. The number of aliphatic hydroxyl groups excluding tert-OH is 2. The van der Waals surface area contributed by atoms with Gasteiger partial charge in [-0.1, -0.05) is 11.1 Å². The van der Waals surface area contributed by atoms with Crippen LogP contribution in [0.3, 0.4) is 0 Å². The molecule has 0 amide bonds. The molecule has 7 N–H and O–H groups in total. The zero-order valence-electron chi connectivity index (χ0n) is 28.3. The zero-order chi connectivity index (χ0) is 40.3. The first-order valence-electron chi connectivity index (χ1n) is 15.1. The third-order valence-corrected chi connectivity index (χ3v) is 10.9. The van der Waals surface area contributed by atoms with Crippen molar-refractivity contribution in [2.45, 2.75) is 88.5 Å². The van der Waals surface area contributed by atoms with Crippen molar-refractivity contribution in [3.63, 3.8) is 0 Å². The third-order valence-electron chi connectivity index (χ3n) is 7.37. The van der Waals surface area contributed by atoms with Crippen LogP contribution in [0.4, 0.5) is 5.82 Å². The number of phosphoric ester groups is 1. The Bertz CT molecular complexity index is 1900. The summed E-state index contributed by atoms with van der Waals surface area (Å²) >= 11 is 4.84. The quantitative estimate of drug-likeness (QED) is 0.0486. The summed E-state index contributed by atoms with van der Waals surface area (Å²) in [7, 11) is -5.75. The number of hydrogen-bond acceptors (Lipinski definition) is 23. The molecule has 2 aliphatic rings. The Kier molecular flexibility index (Phi) is 13.5. The van der Waals surface area contributed by atoms with E-state index in [2.05, 4.69) is 20.3 Å². The van der Waals surface area contributed by atoms with Crippen LogP contribution in [0.1, 0.15) is 33.9 Å². The number of aliphatic hydroxyl groups is 3. The molecule has 2 saturated heterocycles. The lowest BCUT2D eigenvalue weighted by Gasteiger charge is -2.44. The van der Waals surface area contributed by atoms with Crippen LogP contribution in [0.5, 0.6) is 0 Å². The first kappa shape index (κ1) is 42.9. The summed E-state index contributed by atoms with van der Waals surface area (Å²) in [4.78, 5) is 76.5. The van der Waals surface area contributed by atoms with Gasteiger partial charge >= 0.3 is 38.4 Å². The van der Waals surface area contributed by atoms with Gasteiger partial charge in [0.05, 0.1) is 6.61 Å². The zero-order valence-corrected chi connectivity index (χ0v) is 30.9. The number of rotatable bonds is 14. The minimum atomic E-state index is -5.75. The van der Waals surface area contributed by atoms with Crippen LogP contribution in [0.2, 0.25) is 0 Å². The first-order valence-corrected chi connectivity index (χ1v) is 19.2. The summed E-state index contributed by atoms with van der Waals surface area (Å²) < 4.78 is 60.4. The summed E-state index contributed by atoms with van der Waals surface area (Å²) in [5.41, 5.74) is 3.17. The molecular formula is C26H34N6O19P2S. The van der Waals surface area contributed by atoms with Gasteiger partial charge in [-0.15, -0.1) is 11.5 Å². The number of anilines is 1. The lowest BCUT2D eigenvalue weighted by Crippen LogP contribution is -2.64. The fourth-order valence-electron chi connectivity index (χ4n) is 5.21. The van der Waals surface area contributed by atoms with Gasteiger partial charge in [-0.2, -0.15) is 4.68 Å². The molecule has 12 atom stereocenters. The molecule has 4 heterocycles. The summed E-state index contributed by atoms with van der Waals surface area (Å²) in [6.45, 7) is -2.93. The second kappa shape index (κ2) is 16.9. The van der Waals surface area contributed by atoms with Crippen molar-refractivity contribution in [1.82, 2.24) is 25.0 Å². The Hall–Kier alpha value is -3.80. The van der Waals surface area contributed by atoms with Gasteiger partial charge < -0.3 is 63.8 Å². The first-order chi connectivity index (χ1) is 25.1. The van der Waals surface area contributed by atoms with E-state index in [4.69, 9.17) is 65.7 Å². The van der Waals surface area contributed by atoms with Gasteiger partial charge in [-0.25, -0.2) is 18.8 Å². The van der Waals surface area contributed by atoms with Gasteiger partial charge in [0.2, 0.25) is 11.9 Å². The summed E-state index contributed by atoms with van der Waals surface area (Å²) in [5.74, 6) is -2.09. The molecule has 298 valence electrons. The largest absolute Gasteiger partial charge is 0.481 e. The Labute approximate surface area is 308 Å². The van der Waals surface area contributed by atoms with Gasteiger partial charge in [0, 0.05) is 27.7 Å². The van der Waals surface area contributed by atoms with Gasteiger partial charge in [-0.3, -0.25) is 23.7 Å². The van der Waals surface area contributed by atoms with Crippen molar-refractivity contribution in [3.8, 4) is 12.3 Å². The van der Waals surface area contributed by atoms with E-state index in [9.17, 15) is 48.8 Å². The van der Waals surface area contributed by atoms with Crippen LogP contribution in [0.25, 0.3) is 11.2 Å². The van der Waals surface area contributed by atoms with Crippen molar-refractivity contribution in [3.05, 3.63) is 6.33 Å². The molecule has 4 rings (SSSR count). The summed E-state index contributed by atoms with van der Waals surface area (Å²) in [6, 6.07) is 0. The minimum absolute atomic E-state index is 0.00296. The molecule has 0 saturated carbocycles.